The van der Waals surface area contributed by atoms with Crippen molar-refractivity contribution in [3.05, 3.63) is 126 Å². The van der Waals surface area contributed by atoms with Crippen molar-refractivity contribution in [2.45, 2.75) is 50.4 Å². The van der Waals surface area contributed by atoms with Crippen molar-refractivity contribution in [1.29, 1.82) is 0 Å². The van der Waals surface area contributed by atoms with Crippen molar-refractivity contribution in [1.82, 2.24) is 0 Å². The van der Waals surface area contributed by atoms with Crippen molar-refractivity contribution in [2.75, 3.05) is 4.90 Å². The lowest BCUT2D eigenvalue weighted by Gasteiger charge is -2.52. The molecule has 8 rings (SSSR count). The van der Waals surface area contributed by atoms with Gasteiger partial charge < -0.3 is 4.90 Å². The molecule has 0 amide bonds. The molecule has 0 heterocycles. The summed E-state index contributed by atoms with van der Waals surface area (Å²) < 4.78 is 0. The van der Waals surface area contributed by atoms with Gasteiger partial charge in [-0.2, -0.15) is 0 Å². The number of hydrogen-bond donors (Lipinski definition) is 0. The summed E-state index contributed by atoms with van der Waals surface area (Å²) in [7, 11) is 0. The number of benzene rings is 5. The van der Waals surface area contributed by atoms with Crippen LogP contribution in [-0.4, -0.2) is 0 Å². The van der Waals surface area contributed by atoms with Gasteiger partial charge in [0.2, 0.25) is 0 Å². The Morgan fingerprint density at radius 1 is 0.514 bits per heavy atom. The average molecular weight is 480 g/mol. The van der Waals surface area contributed by atoms with E-state index < -0.39 is 0 Å². The SMILES string of the molecule is CC12CCC(C)(CC1)c1cc(-c3cc(N(c4ccccc4)c4ccccc4)c4ccccc4c3)ccc12. The van der Waals surface area contributed by atoms with Crippen LogP contribution in [0.25, 0.3) is 21.9 Å². The van der Waals surface area contributed by atoms with Crippen LogP contribution in [-0.2, 0) is 10.8 Å². The first-order valence-electron chi connectivity index (χ1n) is 13.6. The molecule has 3 aliphatic carbocycles. The fraction of sp³-hybridized carbons (Fsp3) is 0.222. The monoisotopic (exact) mass is 479 g/mol. The molecule has 5 aromatic carbocycles. The summed E-state index contributed by atoms with van der Waals surface area (Å²) in [5.41, 5.74) is 9.98. The minimum Gasteiger partial charge on any atom is -0.310 e. The van der Waals surface area contributed by atoms with Crippen molar-refractivity contribution < 1.29 is 0 Å². The van der Waals surface area contributed by atoms with Gasteiger partial charge in [-0.1, -0.05) is 92.7 Å². The van der Waals surface area contributed by atoms with E-state index >= 15 is 0 Å². The molecule has 0 aromatic heterocycles. The molecule has 1 heteroatoms. The highest BCUT2D eigenvalue weighted by atomic mass is 15.1. The van der Waals surface area contributed by atoms with Gasteiger partial charge >= 0.3 is 0 Å². The summed E-state index contributed by atoms with van der Waals surface area (Å²) in [5.74, 6) is 0. The summed E-state index contributed by atoms with van der Waals surface area (Å²) in [6.07, 6.45) is 5.25. The van der Waals surface area contributed by atoms with Gasteiger partial charge in [-0.3, -0.25) is 0 Å². The minimum atomic E-state index is 0.308. The van der Waals surface area contributed by atoms with Crippen LogP contribution in [0.4, 0.5) is 17.1 Å². The molecule has 1 nitrogen and oxygen atoms in total. The molecule has 0 atom stereocenters. The zero-order valence-corrected chi connectivity index (χ0v) is 21.7. The lowest BCUT2D eigenvalue weighted by Crippen LogP contribution is -2.44. The Labute approximate surface area is 220 Å². The molecular formula is C36H33N. The zero-order valence-electron chi connectivity index (χ0n) is 21.7. The molecule has 0 N–H and O–H groups in total. The van der Waals surface area contributed by atoms with Crippen molar-refractivity contribution in [3.8, 4) is 11.1 Å². The molecule has 0 unspecified atom stereocenters. The molecule has 3 aliphatic rings. The van der Waals surface area contributed by atoms with E-state index in [0.717, 1.165) is 0 Å². The number of rotatable bonds is 4. The Morgan fingerprint density at radius 2 is 1.08 bits per heavy atom. The third-order valence-corrected chi connectivity index (χ3v) is 9.22. The maximum absolute atomic E-state index is 2.52. The summed E-state index contributed by atoms with van der Waals surface area (Å²) in [6, 6.07) is 42.4. The molecule has 0 saturated heterocycles. The van der Waals surface area contributed by atoms with E-state index in [-0.39, 0.29) is 0 Å². The highest BCUT2D eigenvalue weighted by Crippen LogP contribution is 2.56. The largest absolute Gasteiger partial charge is 0.310 e. The van der Waals surface area contributed by atoms with Gasteiger partial charge in [0.15, 0.2) is 0 Å². The van der Waals surface area contributed by atoms with E-state index in [4.69, 9.17) is 0 Å². The quantitative estimate of drug-likeness (QED) is 0.248. The van der Waals surface area contributed by atoms with Crippen LogP contribution in [0.3, 0.4) is 0 Å². The Hall–Kier alpha value is -3.84. The fourth-order valence-corrected chi connectivity index (χ4v) is 6.87. The highest BCUT2D eigenvalue weighted by Gasteiger charge is 2.47. The smallest absolute Gasteiger partial charge is 0.0546 e. The number of anilines is 3. The van der Waals surface area contributed by atoms with Crippen molar-refractivity contribution >= 4 is 27.8 Å². The molecule has 0 spiro atoms. The summed E-state index contributed by atoms with van der Waals surface area (Å²) in [5, 5.41) is 2.53. The van der Waals surface area contributed by atoms with Crippen LogP contribution in [0, 0.1) is 0 Å². The fourth-order valence-electron chi connectivity index (χ4n) is 6.87. The van der Waals surface area contributed by atoms with Gasteiger partial charge in [-0.25, -0.2) is 0 Å². The number of nitrogens with zero attached hydrogens (tertiary/aromatic N) is 1. The maximum Gasteiger partial charge on any atom is 0.0546 e. The first-order valence-corrected chi connectivity index (χ1v) is 13.6. The molecule has 182 valence electrons. The summed E-state index contributed by atoms with van der Waals surface area (Å²) >= 11 is 0. The van der Waals surface area contributed by atoms with Gasteiger partial charge in [-0.05, 0) is 101 Å². The summed E-state index contributed by atoms with van der Waals surface area (Å²) in [4.78, 5) is 2.40. The molecule has 37 heavy (non-hydrogen) atoms. The lowest BCUT2D eigenvalue weighted by atomic mass is 9.52. The predicted octanol–water partition coefficient (Wildman–Crippen LogP) is 10.1. The first-order chi connectivity index (χ1) is 18.0. The topological polar surface area (TPSA) is 3.24 Å². The van der Waals surface area contributed by atoms with Crippen LogP contribution in [0.5, 0.6) is 0 Å². The Balaban J connectivity index is 1.45. The Morgan fingerprint density at radius 3 is 1.73 bits per heavy atom. The molecule has 1 fully saturated rings. The number of para-hydroxylation sites is 2. The number of fused-ring (bicyclic) bond motifs is 3. The van der Waals surface area contributed by atoms with Gasteiger partial charge in [-0.15, -0.1) is 0 Å². The zero-order chi connectivity index (χ0) is 25.0. The maximum atomic E-state index is 2.52. The van der Waals surface area contributed by atoms with Crippen LogP contribution in [0.15, 0.2) is 115 Å². The molecule has 2 bridgehead atoms. The lowest BCUT2D eigenvalue weighted by molar-refractivity contribution is 0.188. The molecule has 1 saturated carbocycles. The van der Waals surface area contributed by atoms with Gasteiger partial charge in [0.25, 0.3) is 0 Å². The second-order valence-electron chi connectivity index (χ2n) is 11.6. The van der Waals surface area contributed by atoms with Crippen molar-refractivity contribution in [2.24, 2.45) is 0 Å². The van der Waals surface area contributed by atoms with E-state index in [1.807, 2.05) is 0 Å². The normalized spacial score (nSPS) is 22.1. The van der Waals surface area contributed by atoms with Crippen LogP contribution in [0.1, 0.15) is 50.7 Å². The van der Waals surface area contributed by atoms with E-state index in [2.05, 4.69) is 134 Å². The standard InChI is InChI=1S/C36H33N/c1-35-19-21-36(2,22-20-35)33-24-26(17-18-32(33)35)28-23-27-11-9-10-16-31(27)34(25-28)37(29-12-5-3-6-13-29)30-14-7-4-8-15-30/h3-18,23-25H,19-22H2,1-2H3. The second-order valence-corrected chi connectivity index (χ2v) is 11.6. The first kappa shape index (κ1) is 22.4. The van der Waals surface area contributed by atoms with Crippen LogP contribution < -0.4 is 4.90 Å². The Kier molecular flexibility index (Phi) is 5.05. The Bertz CT molecular complexity index is 1550. The number of hydrogen-bond acceptors (Lipinski definition) is 1. The third kappa shape index (κ3) is 3.60. The molecule has 5 aromatic rings. The average Bonchev–Trinajstić information content (AvgIpc) is 2.95. The molecular weight excluding hydrogens is 446 g/mol. The van der Waals surface area contributed by atoms with Crippen LogP contribution >= 0.6 is 0 Å². The molecule has 0 aliphatic heterocycles. The summed E-state index contributed by atoms with van der Waals surface area (Å²) in [6.45, 7) is 4.97. The third-order valence-electron chi connectivity index (χ3n) is 9.22. The van der Waals surface area contributed by atoms with E-state index in [9.17, 15) is 0 Å². The van der Waals surface area contributed by atoms with E-state index in [0.29, 0.717) is 10.8 Å². The second kappa shape index (κ2) is 8.35. The van der Waals surface area contributed by atoms with Crippen molar-refractivity contribution in [3.63, 3.8) is 0 Å². The van der Waals surface area contributed by atoms with Crippen LogP contribution in [0.2, 0.25) is 0 Å². The minimum absolute atomic E-state index is 0.308. The van der Waals surface area contributed by atoms with E-state index in [1.165, 1.54) is 64.6 Å². The highest BCUT2D eigenvalue weighted by molar-refractivity contribution is 6.02. The molecule has 0 radical (unpaired) electrons. The van der Waals surface area contributed by atoms with Gasteiger partial charge in [0.05, 0.1) is 5.69 Å². The predicted molar refractivity (Wildman–Crippen MR) is 157 cm³/mol. The van der Waals surface area contributed by atoms with E-state index in [1.54, 1.807) is 11.1 Å². The van der Waals surface area contributed by atoms with Gasteiger partial charge in [0, 0.05) is 16.8 Å². The van der Waals surface area contributed by atoms with Gasteiger partial charge in [0.1, 0.15) is 0 Å².